The molecule has 1 aromatic heterocycles. The largest absolute Gasteiger partial charge is 0.494 e. The average Bonchev–Trinajstić information content (AvgIpc) is 2.55. The standard InChI is InChI=1S/C17H20N2O2/c1-18-10-12-7-9-21-17-13(12)4-3-5-15(17)14-6-8-19-11-16(14)20-2/h3-6,8,11-12,18H,7,9-10H2,1-2H3. The maximum Gasteiger partial charge on any atom is 0.145 e. The summed E-state index contributed by atoms with van der Waals surface area (Å²) in [6, 6.07) is 8.30. The topological polar surface area (TPSA) is 43.4 Å². The van der Waals surface area contributed by atoms with Crippen molar-refractivity contribution >= 4 is 0 Å². The van der Waals surface area contributed by atoms with Gasteiger partial charge in [-0.3, -0.25) is 4.98 Å². The van der Waals surface area contributed by atoms with E-state index >= 15 is 0 Å². The van der Waals surface area contributed by atoms with E-state index in [-0.39, 0.29) is 0 Å². The zero-order chi connectivity index (χ0) is 14.7. The Labute approximate surface area is 125 Å². The van der Waals surface area contributed by atoms with E-state index in [1.807, 2.05) is 13.1 Å². The molecule has 0 aliphatic carbocycles. The molecule has 0 fully saturated rings. The van der Waals surface area contributed by atoms with E-state index in [0.29, 0.717) is 5.92 Å². The van der Waals surface area contributed by atoms with Crippen LogP contribution in [-0.4, -0.2) is 32.3 Å². The molecule has 1 unspecified atom stereocenters. The molecule has 1 aromatic carbocycles. The van der Waals surface area contributed by atoms with Crippen LogP contribution in [0.5, 0.6) is 11.5 Å². The Hall–Kier alpha value is -2.07. The number of methoxy groups -OCH3 is 1. The minimum absolute atomic E-state index is 0.492. The molecule has 1 aliphatic heterocycles. The summed E-state index contributed by atoms with van der Waals surface area (Å²) in [6.45, 7) is 1.72. The summed E-state index contributed by atoms with van der Waals surface area (Å²) < 4.78 is 11.4. The van der Waals surface area contributed by atoms with Crippen molar-refractivity contribution in [2.45, 2.75) is 12.3 Å². The molecule has 1 N–H and O–H groups in total. The lowest BCUT2D eigenvalue weighted by molar-refractivity contribution is 0.267. The van der Waals surface area contributed by atoms with Gasteiger partial charge in [0, 0.05) is 29.8 Å². The van der Waals surface area contributed by atoms with Crippen LogP contribution < -0.4 is 14.8 Å². The number of hydrogen-bond acceptors (Lipinski definition) is 4. The lowest BCUT2D eigenvalue weighted by Crippen LogP contribution is -2.23. The molecular formula is C17H20N2O2. The van der Waals surface area contributed by atoms with Crippen LogP contribution in [0.1, 0.15) is 17.9 Å². The Morgan fingerprint density at radius 2 is 2.24 bits per heavy atom. The van der Waals surface area contributed by atoms with Crippen LogP contribution in [0, 0.1) is 0 Å². The molecule has 1 aliphatic rings. The molecule has 0 saturated carbocycles. The van der Waals surface area contributed by atoms with Gasteiger partial charge in [-0.2, -0.15) is 0 Å². The molecule has 21 heavy (non-hydrogen) atoms. The second kappa shape index (κ2) is 6.14. The number of ether oxygens (including phenoxy) is 2. The monoisotopic (exact) mass is 284 g/mol. The molecule has 110 valence electrons. The molecular weight excluding hydrogens is 264 g/mol. The Morgan fingerprint density at radius 3 is 3.05 bits per heavy atom. The highest BCUT2D eigenvalue weighted by Gasteiger charge is 2.24. The van der Waals surface area contributed by atoms with Gasteiger partial charge in [-0.1, -0.05) is 18.2 Å². The van der Waals surface area contributed by atoms with Crippen molar-refractivity contribution in [3.63, 3.8) is 0 Å². The Bertz CT molecular complexity index is 628. The molecule has 2 aromatic rings. The lowest BCUT2D eigenvalue weighted by atomic mass is 9.89. The van der Waals surface area contributed by atoms with Gasteiger partial charge in [0.15, 0.2) is 0 Å². The Balaban J connectivity index is 2.10. The minimum atomic E-state index is 0.492. The molecule has 0 spiro atoms. The van der Waals surface area contributed by atoms with Crippen molar-refractivity contribution in [3.8, 4) is 22.6 Å². The number of pyridine rings is 1. The van der Waals surface area contributed by atoms with E-state index in [1.54, 1.807) is 19.5 Å². The predicted molar refractivity (Wildman–Crippen MR) is 83.0 cm³/mol. The van der Waals surface area contributed by atoms with Crippen LogP contribution in [0.25, 0.3) is 11.1 Å². The third kappa shape index (κ3) is 2.59. The number of nitrogens with one attached hydrogen (secondary N) is 1. The smallest absolute Gasteiger partial charge is 0.145 e. The van der Waals surface area contributed by atoms with E-state index in [2.05, 4.69) is 28.5 Å². The van der Waals surface area contributed by atoms with E-state index in [1.165, 1.54) is 5.56 Å². The molecule has 4 nitrogen and oxygen atoms in total. The van der Waals surface area contributed by atoms with Crippen molar-refractivity contribution in [3.05, 3.63) is 42.2 Å². The van der Waals surface area contributed by atoms with Gasteiger partial charge in [-0.15, -0.1) is 0 Å². The van der Waals surface area contributed by atoms with Crippen molar-refractivity contribution in [1.29, 1.82) is 0 Å². The van der Waals surface area contributed by atoms with Crippen molar-refractivity contribution < 1.29 is 9.47 Å². The van der Waals surface area contributed by atoms with Gasteiger partial charge in [0.05, 0.1) is 19.9 Å². The first kappa shape index (κ1) is 13.9. The van der Waals surface area contributed by atoms with Gasteiger partial charge < -0.3 is 14.8 Å². The number of nitrogens with zero attached hydrogens (tertiary/aromatic N) is 1. The van der Waals surface area contributed by atoms with Crippen LogP contribution in [0.4, 0.5) is 0 Å². The van der Waals surface area contributed by atoms with E-state index in [0.717, 1.165) is 42.2 Å². The minimum Gasteiger partial charge on any atom is -0.494 e. The van der Waals surface area contributed by atoms with Crippen LogP contribution >= 0.6 is 0 Å². The molecule has 2 heterocycles. The van der Waals surface area contributed by atoms with Gasteiger partial charge >= 0.3 is 0 Å². The van der Waals surface area contributed by atoms with Gasteiger partial charge in [0.2, 0.25) is 0 Å². The van der Waals surface area contributed by atoms with Crippen molar-refractivity contribution in [2.75, 3.05) is 27.3 Å². The highest BCUT2D eigenvalue weighted by Crippen LogP contribution is 2.43. The van der Waals surface area contributed by atoms with Crippen molar-refractivity contribution in [1.82, 2.24) is 10.3 Å². The summed E-state index contributed by atoms with van der Waals surface area (Å²) in [5.41, 5.74) is 3.37. The number of fused-ring (bicyclic) bond motifs is 1. The maximum atomic E-state index is 5.98. The summed E-state index contributed by atoms with van der Waals surface area (Å²) in [7, 11) is 3.66. The fraction of sp³-hybridized carbons (Fsp3) is 0.353. The first-order valence-corrected chi connectivity index (χ1v) is 7.23. The molecule has 1 atom stereocenters. The summed E-state index contributed by atoms with van der Waals surface area (Å²) >= 11 is 0. The number of rotatable bonds is 4. The second-order valence-electron chi connectivity index (χ2n) is 5.19. The first-order chi connectivity index (χ1) is 10.3. The Kier molecular flexibility index (Phi) is 4.06. The normalized spacial score (nSPS) is 17.0. The SMILES string of the molecule is CNCC1CCOc2c(-c3ccncc3OC)cccc21. The third-order valence-electron chi connectivity index (χ3n) is 3.94. The summed E-state index contributed by atoms with van der Waals surface area (Å²) in [5, 5.41) is 3.27. The van der Waals surface area contributed by atoms with Crippen LogP contribution in [0.15, 0.2) is 36.7 Å². The van der Waals surface area contributed by atoms with Crippen LogP contribution in [0.2, 0.25) is 0 Å². The maximum absolute atomic E-state index is 5.98. The highest BCUT2D eigenvalue weighted by atomic mass is 16.5. The van der Waals surface area contributed by atoms with E-state index in [9.17, 15) is 0 Å². The molecule has 0 bridgehead atoms. The number of aromatic nitrogens is 1. The van der Waals surface area contributed by atoms with Gasteiger partial charge in [0.25, 0.3) is 0 Å². The van der Waals surface area contributed by atoms with E-state index < -0.39 is 0 Å². The molecule has 0 saturated heterocycles. The van der Waals surface area contributed by atoms with Crippen LogP contribution in [0.3, 0.4) is 0 Å². The summed E-state index contributed by atoms with van der Waals surface area (Å²) in [4.78, 5) is 4.12. The fourth-order valence-corrected chi connectivity index (χ4v) is 2.93. The molecule has 4 heteroatoms. The zero-order valence-corrected chi connectivity index (χ0v) is 12.4. The molecule has 0 amide bonds. The first-order valence-electron chi connectivity index (χ1n) is 7.23. The molecule has 0 radical (unpaired) electrons. The summed E-state index contributed by atoms with van der Waals surface area (Å²) in [5.74, 6) is 2.24. The van der Waals surface area contributed by atoms with Crippen LogP contribution in [-0.2, 0) is 0 Å². The third-order valence-corrected chi connectivity index (χ3v) is 3.94. The average molecular weight is 284 g/mol. The Morgan fingerprint density at radius 1 is 1.33 bits per heavy atom. The second-order valence-corrected chi connectivity index (χ2v) is 5.19. The summed E-state index contributed by atoms with van der Waals surface area (Å²) in [6.07, 6.45) is 4.57. The van der Waals surface area contributed by atoms with Gasteiger partial charge in [-0.25, -0.2) is 0 Å². The number of para-hydroxylation sites is 1. The quantitative estimate of drug-likeness (QED) is 0.937. The van der Waals surface area contributed by atoms with Crippen molar-refractivity contribution in [2.24, 2.45) is 0 Å². The number of likely N-dealkylation sites (N-methyl/N-ethyl adjacent to an activating group) is 1. The highest BCUT2D eigenvalue weighted by molar-refractivity contribution is 5.77. The molecule has 3 rings (SSSR count). The fourth-order valence-electron chi connectivity index (χ4n) is 2.93. The van der Waals surface area contributed by atoms with Gasteiger partial charge in [-0.05, 0) is 25.1 Å². The predicted octanol–water partition coefficient (Wildman–Crippen LogP) is 2.84. The van der Waals surface area contributed by atoms with Gasteiger partial charge in [0.1, 0.15) is 11.5 Å². The lowest BCUT2D eigenvalue weighted by Gasteiger charge is -2.28. The zero-order valence-electron chi connectivity index (χ0n) is 12.4. The number of benzene rings is 1. The van der Waals surface area contributed by atoms with E-state index in [4.69, 9.17) is 9.47 Å². The number of hydrogen-bond donors (Lipinski definition) is 1.